The van der Waals surface area contributed by atoms with Gasteiger partial charge in [-0.1, -0.05) is 25.7 Å². The summed E-state index contributed by atoms with van der Waals surface area (Å²) >= 11 is 0. The van der Waals surface area contributed by atoms with Gasteiger partial charge in [0.2, 0.25) is 0 Å². The Labute approximate surface area is 125 Å². The fourth-order valence-electron chi connectivity index (χ4n) is 3.36. The Hall–Kier alpha value is -1.65. The highest BCUT2D eigenvalue weighted by Gasteiger charge is 2.20. The van der Waals surface area contributed by atoms with E-state index in [9.17, 15) is 9.59 Å². The molecule has 1 N–H and O–H groups in total. The van der Waals surface area contributed by atoms with Gasteiger partial charge in [-0.3, -0.25) is 9.36 Å². The first-order chi connectivity index (χ1) is 10.0. The number of hydrogen-bond acceptors (Lipinski definition) is 3. The molecule has 2 rings (SSSR count). The van der Waals surface area contributed by atoms with Crippen LogP contribution in [0.5, 0.6) is 0 Å². The second-order valence-corrected chi connectivity index (χ2v) is 5.95. The second-order valence-electron chi connectivity index (χ2n) is 5.95. The van der Waals surface area contributed by atoms with Gasteiger partial charge in [0.1, 0.15) is 0 Å². The van der Waals surface area contributed by atoms with Crippen LogP contribution >= 0.6 is 0 Å². The van der Waals surface area contributed by atoms with E-state index >= 15 is 0 Å². The largest absolute Gasteiger partial charge is 0.481 e. The molecule has 1 aromatic rings. The van der Waals surface area contributed by atoms with Crippen molar-refractivity contribution in [2.45, 2.75) is 71.3 Å². The van der Waals surface area contributed by atoms with Crippen molar-refractivity contribution < 1.29 is 9.90 Å². The molecule has 0 amide bonds. The first-order valence-corrected chi connectivity index (χ1v) is 7.81. The van der Waals surface area contributed by atoms with E-state index in [0.29, 0.717) is 12.1 Å². The highest BCUT2D eigenvalue weighted by Crippen LogP contribution is 2.28. The molecule has 116 valence electrons. The molecule has 0 bridgehead atoms. The minimum Gasteiger partial charge on any atom is -0.481 e. The predicted molar refractivity (Wildman–Crippen MR) is 80.7 cm³/mol. The van der Waals surface area contributed by atoms with Crippen molar-refractivity contribution in [3.8, 4) is 0 Å². The van der Waals surface area contributed by atoms with Crippen molar-refractivity contribution in [2.75, 3.05) is 0 Å². The number of aryl methyl sites for hydroxylation is 1. The zero-order valence-electron chi connectivity index (χ0n) is 12.9. The van der Waals surface area contributed by atoms with Crippen molar-refractivity contribution in [1.29, 1.82) is 0 Å². The van der Waals surface area contributed by atoms with Crippen LogP contribution in [-0.2, 0) is 11.2 Å². The maximum Gasteiger partial charge on any atom is 0.348 e. The Morgan fingerprint density at radius 1 is 1.24 bits per heavy atom. The van der Waals surface area contributed by atoms with Crippen LogP contribution in [-0.4, -0.2) is 20.6 Å². The number of hydrogen-bond donors (Lipinski definition) is 1. The minimum atomic E-state index is -0.819. The average molecular weight is 292 g/mol. The highest BCUT2D eigenvalue weighted by molar-refractivity contribution is 5.67. The van der Waals surface area contributed by atoms with E-state index in [4.69, 9.17) is 5.11 Å². The van der Waals surface area contributed by atoms with Gasteiger partial charge in [0.15, 0.2) is 0 Å². The van der Waals surface area contributed by atoms with Crippen molar-refractivity contribution >= 4 is 5.97 Å². The van der Waals surface area contributed by atoms with Crippen LogP contribution in [0.15, 0.2) is 4.79 Å². The maximum atomic E-state index is 12.3. The molecular weight excluding hydrogens is 268 g/mol. The van der Waals surface area contributed by atoms with Gasteiger partial charge in [-0.15, -0.1) is 0 Å². The van der Waals surface area contributed by atoms with Crippen LogP contribution in [0.1, 0.15) is 67.9 Å². The van der Waals surface area contributed by atoms with Gasteiger partial charge in [-0.2, -0.15) is 4.98 Å². The van der Waals surface area contributed by atoms with Crippen LogP contribution in [0.25, 0.3) is 0 Å². The van der Waals surface area contributed by atoms with E-state index in [1.165, 1.54) is 12.8 Å². The Morgan fingerprint density at radius 3 is 2.43 bits per heavy atom. The second kappa shape index (κ2) is 6.87. The number of nitrogens with zero attached hydrogens (tertiary/aromatic N) is 2. The molecule has 0 aliphatic heterocycles. The van der Waals surface area contributed by atoms with Crippen LogP contribution in [0.2, 0.25) is 0 Å². The first kappa shape index (κ1) is 15.7. The molecule has 1 aliphatic carbocycles. The predicted octanol–water partition coefficient (Wildman–Crippen LogP) is 2.77. The molecule has 0 aromatic carbocycles. The van der Waals surface area contributed by atoms with Gasteiger partial charge in [0, 0.05) is 23.9 Å². The molecule has 1 fully saturated rings. The molecule has 0 unspecified atom stereocenters. The van der Waals surface area contributed by atoms with Crippen molar-refractivity contribution in [3.63, 3.8) is 0 Å². The number of aliphatic carboxylic acids is 1. The summed E-state index contributed by atoms with van der Waals surface area (Å²) in [5.41, 5.74) is 2.31. The summed E-state index contributed by atoms with van der Waals surface area (Å²) in [4.78, 5) is 27.2. The van der Waals surface area contributed by atoms with Crippen molar-refractivity contribution in [1.82, 2.24) is 9.55 Å². The smallest absolute Gasteiger partial charge is 0.348 e. The topological polar surface area (TPSA) is 72.2 Å². The van der Waals surface area contributed by atoms with E-state index < -0.39 is 5.97 Å². The monoisotopic (exact) mass is 292 g/mol. The number of carboxylic acid groups (broad SMARTS) is 1. The van der Waals surface area contributed by atoms with Gasteiger partial charge >= 0.3 is 11.7 Å². The van der Waals surface area contributed by atoms with Crippen LogP contribution in [0.3, 0.4) is 0 Å². The number of carbonyl (C=O) groups is 1. The molecule has 0 saturated heterocycles. The Balaban J connectivity index is 2.37. The zero-order chi connectivity index (χ0) is 15.4. The lowest BCUT2D eigenvalue weighted by atomic mass is 10.0. The lowest BCUT2D eigenvalue weighted by Gasteiger charge is -2.22. The third kappa shape index (κ3) is 3.71. The summed E-state index contributed by atoms with van der Waals surface area (Å²) in [6, 6.07) is 0.219. The fraction of sp³-hybridized carbons (Fsp3) is 0.688. The maximum absolute atomic E-state index is 12.3. The van der Waals surface area contributed by atoms with Crippen LogP contribution < -0.4 is 5.69 Å². The molecule has 1 aromatic heterocycles. The normalized spacial score (nSPS) is 16.7. The summed E-state index contributed by atoms with van der Waals surface area (Å²) in [7, 11) is 0. The highest BCUT2D eigenvalue weighted by atomic mass is 16.4. The average Bonchev–Trinajstić information content (AvgIpc) is 2.66. The molecule has 5 heteroatoms. The SMILES string of the molecule is Cc1nc(=O)n(C2CCCCCC2)c(C)c1CCC(=O)O. The van der Waals surface area contributed by atoms with Crippen LogP contribution in [0, 0.1) is 13.8 Å². The lowest BCUT2D eigenvalue weighted by molar-refractivity contribution is -0.136. The Bertz CT molecular complexity index is 570. The Kier molecular flexibility index (Phi) is 5.15. The fourth-order valence-corrected chi connectivity index (χ4v) is 3.36. The number of aromatic nitrogens is 2. The molecule has 1 aliphatic rings. The van der Waals surface area contributed by atoms with Gasteiger partial charge in [0.25, 0.3) is 0 Å². The summed E-state index contributed by atoms with van der Waals surface area (Å²) in [6.07, 6.45) is 7.31. The lowest BCUT2D eigenvalue weighted by Crippen LogP contribution is -2.31. The number of rotatable bonds is 4. The van der Waals surface area contributed by atoms with Crippen LogP contribution in [0.4, 0.5) is 0 Å². The minimum absolute atomic E-state index is 0.0756. The van der Waals surface area contributed by atoms with E-state index in [1.807, 2.05) is 11.5 Å². The summed E-state index contributed by atoms with van der Waals surface area (Å²) in [5.74, 6) is -0.819. The zero-order valence-corrected chi connectivity index (χ0v) is 12.9. The first-order valence-electron chi connectivity index (χ1n) is 7.81. The standard InChI is InChI=1S/C16H24N2O3/c1-11-14(9-10-15(19)20)12(2)18(16(21)17-11)13-7-5-3-4-6-8-13/h13H,3-10H2,1-2H3,(H,19,20). The summed E-state index contributed by atoms with van der Waals surface area (Å²) in [5, 5.41) is 8.88. The molecule has 0 radical (unpaired) electrons. The summed E-state index contributed by atoms with van der Waals surface area (Å²) < 4.78 is 1.81. The molecule has 0 spiro atoms. The number of carboxylic acids is 1. The van der Waals surface area contributed by atoms with Gasteiger partial charge in [0.05, 0.1) is 0 Å². The van der Waals surface area contributed by atoms with E-state index in [1.54, 1.807) is 6.92 Å². The Morgan fingerprint density at radius 2 is 1.86 bits per heavy atom. The molecule has 0 atom stereocenters. The molecule has 1 saturated carbocycles. The van der Waals surface area contributed by atoms with Crippen molar-refractivity contribution in [3.05, 3.63) is 27.4 Å². The van der Waals surface area contributed by atoms with E-state index in [0.717, 1.165) is 36.9 Å². The van der Waals surface area contributed by atoms with Gasteiger partial charge < -0.3 is 5.11 Å². The van der Waals surface area contributed by atoms with Gasteiger partial charge in [-0.05, 0) is 38.7 Å². The molecular formula is C16H24N2O3. The van der Waals surface area contributed by atoms with Gasteiger partial charge in [-0.25, -0.2) is 4.79 Å². The summed E-state index contributed by atoms with van der Waals surface area (Å²) in [6.45, 7) is 3.72. The third-order valence-electron chi connectivity index (χ3n) is 4.48. The van der Waals surface area contributed by atoms with E-state index in [-0.39, 0.29) is 18.2 Å². The molecule has 5 nitrogen and oxygen atoms in total. The molecule has 1 heterocycles. The van der Waals surface area contributed by atoms with E-state index in [2.05, 4.69) is 4.98 Å². The third-order valence-corrected chi connectivity index (χ3v) is 4.48. The quantitative estimate of drug-likeness (QED) is 0.866. The molecule has 21 heavy (non-hydrogen) atoms. The van der Waals surface area contributed by atoms with Crippen molar-refractivity contribution in [2.24, 2.45) is 0 Å².